The quantitative estimate of drug-likeness (QED) is 0.0148. The van der Waals surface area contributed by atoms with Gasteiger partial charge in [0, 0.05) is 12.8 Å². The van der Waals surface area contributed by atoms with Crippen LogP contribution < -0.4 is 0 Å². The summed E-state index contributed by atoms with van der Waals surface area (Å²) in [6.07, 6.45) is 32.6. The van der Waals surface area contributed by atoms with Gasteiger partial charge in [-0.2, -0.15) is 0 Å². The molecule has 1 saturated carbocycles. The highest BCUT2D eigenvalue weighted by Gasteiger charge is 2.51. The van der Waals surface area contributed by atoms with Crippen LogP contribution in [0.4, 0.5) is 0 Å². The van der Waals surface area contributed by atoms with Gasteiger partial charge in [0.15, 0.2) is 6.10 Å². The lowest BCUT2D eigenvalue weighted by atomic mass is 9.85. The van der Waals surface area contributed by atoms with Crippen LogP contribution in [-0.4, -0.2) is 98.3 Å². The highest BCUT2D eigenvalue weighted by Crippen LogP contribution is 2.47. The normalized spacial score (nSPS) is 22.4. The van der Waals surface area contributed by atoms with Crippen molar-refractivity contribution in [3.63, 3.8) is 0 Å². The van der Waals surface area contributed by atoms with E-state index >= 15 is 0 Å². The molecule has 0 radical (unpaired) electrons. The summed E-state index contributed by atoms with van der Waals surface area (Å²) < 4.78 is 33.5. The molecule has 1 rings (SSSR count). The molecule has 0 aliphatic heterocycles. The van der Waals surface area contributed by atoms with Crippen molar-refractivity contribution in [2.75, 3.05) is 13.2 Å². The predicted octanol–water partition coefficient (Wildman–Crippen LogP) is 9.34. The second-order valence-corrected chi connectivity index (χ2v) is 17.7. The summed E-state index contributed by atoms with van der Waals surface area (Å²) in [5.41, 5.74) is 0. The van der Waals surface area contributed by atoms with Crippen molar-refractivity contribution >= 4 is 19.8 Å². The average Bonchev–Trinajstić information content (AvgIpc) is 3.25. The summed E-state index contributed by atoms with van der Waals surface area (Å²) in [6, 6.07) is 0. The maximum absolute atomic E-state index is 12.8. The number of carbonyl (C=O) groups excluding carboxylic acids is 2. The first-order valence-corrected chi connectivity index (χ1v) is 25.1. The van der Waals surface area contributed by atoms with Gasteiger partial charge in [-0.15, -0.1) is 0 Å². The Labute approximate surface area is 373 Å². The van der Waals surface area contributed by atoms with Crippen molar-refractivity contribution in [3.05, 3.63) is 60.8 Å². The number of hydrogen-bond donors (Lipinski definition) is 6. The van der Waals surface area contributed by atoms with Crippen LogP contribution in [0, 0.1) is 0 Å². The van der Waals surface area contributed by atoms with Crippen LogP contribution in [0.15, 0.2) is 60.8 Å². The molecule has 0 amide bonds. The van der Waals surface area contributed by atoms with Gasteiger partial charge in [0.25, 0.3) is 0 Å². The third-order valence-corrected chi connectivity index (χ3v) is 11.6. The van der Waals surface area contributed by atoms with E-state index in [2.05, 4.69) is 74.6 Å². The van der Waals surface area contributed by atoms with Crippen molar-refractivity contribution in [2.45, 2.75) is 217 Å². The molecule has 0 aromatic rings. The van der Waals surface area contributed by atoms with E-state index in [1.165, 1.54) is 32.1 Å². The molecule has 1 fully saturated rings. The first-order chi connectivity index (χ1) is 29.9. The van der Waals surface area contributed by atoms with Gasteiger partial charge in [0.1, 0.15) is 43.2 Å². The topological polar surface area (TPSA) is 210 Å². The van der Waals surface area contributed by atoms with Gasteiger partial charge in [0.05, 0.1) is 6.61 Å². The summed E-state index contributed by atoms with van der Waals surface area (Å²) in [4.78, 5) is 35.7. The molecule has 0 aromatic carbocycles. The fourth-order valence-electron chi connectivity index (χ4n) is 6.72. The molecule has 0 saturated heterocycles. The number of esters is 2. The second-order valence-electron chi connectivity index (χ2n) is 16.3. The van der Waals surface area contributed by atoms with Crippen molar-refractivity contribution in [3.8, 4) is 0 Å². The Morgan fingerprint density at radius 2 is 0.887 bits per heavy atom. The second kappa shape index (κ2) is 37.9. The number of unbranched alkanes of at least 4 members (excludes halogenated alkanes) is 16. The van der Waals surface area contributed by atoms with Crippen LogP contribution >= 0.6 is 7.82 Å². The van der Waals surface area contributed by atoms with Crippen molar-refractivity contribution in [1.29, 1.82) is 0 Å². The summed E-state index contributed by atoms with van der Waals surface area (Å²) in [5.74, 6) is -1.13. The van der Waals surface area contributed by atoms with Crippen molar-refractivity contribution in [2.24, 2.45) is 0 Å². The molecule has 62 heavy (non-hydrogen) atoms. The molecule has 0 spiro atoms. The number of allylic oxidation sites excluding steroid dienone is 10. The van der Waals surface area contributed by atoms with E-state index in [-0.39, 0.29) is 12.8 Å². The maximum atomic E-state index is 12.8. The van der Waals surface area contributed by atoms with E-state index < -0.39 is 75.7 Å². The molecule has 0 aromatic heterocycles. The van der Waals surface area contributed by atoms with Crippen molar-refractivity contribution in [1.82, 2.24) is 0 Å². The Morgan fingerprint density at radius 3 is 1.37 bits per heavy atom. The third kappa shape index (κ3) is 29.8. The Kier molecular flexibility index (Phi) is 35.2. The maximum Gasteiger partial charge on any atom is 0.472 e. The lowest BCUT2D eigenvalue weighted by molar-refractivity contribution is -0.220. The number of rotatable bonds is 38. The summed E-state index contributed by atoms with van der Waals surface area (Å²) >= 11 is 0. The highest BCUT2D eigenvalue weighted by atomic mass is 31.2. The third-order valence-electron chi connectivity index (χ3n) is 10.6. The molecule has 358 valence electrons. The van der Waals surface area contributed by atoms with Gasteiger partial charge in [-0.05, 0) is 77.0 Å². The van der Waals surface area contributed by atoms with Crippen molar-refractivity contribution < 1.29 is 63.1 Å². The number of aliphatic hydroxyl groups is 5. The number of aliphatic hydroxyl groups excluding tert-OH is 5. The zero-order valence-corrected chi connectivity index (χ0v) is 38.8. The zero-order valence-electron chi connectivity index (χ0n) is 37.9. The van der Waals surface area contributed by atoms with E-state index in [0.717, 1.165) is 103 Å². The molecule has 6 N–H and O–H groups in total. The molecule has 1 aliphatic carbocycles. The standard InChI is InChI=1S/C48H83O13P/c1-3-5-7-9-11-13-15-17-19-20-21-22-23-25-27-29-31-33-35-37-42(50)60-40(39-59-62(56,57)61-48-46(54)44(52)43(51)45(53)47(48)55)38-58-41(49)36-34-32-30-28-26-24-18-16-14-12-10-8-6-4-2/h10-13,16-19,21-22,40,43-48,51-55H,3-9,14-15,20,23-39H2,1-2H3,(H,56,57)/b12-10-,13-11-,18-16-,19-17-,22-21-. The molecular weight excluding hydrogens is 815 g/mol. The first-order valence-electron chi connectivity index (χ1n) is 23.6. The fraction of sp³-hybridized carbons (Fsp3) is 0.750. The Morgan fingerprint density at radius 1 is 0.500 bits per heavy atom. The minimum absolute atomic E-state index is 0.0765. The lowest BCUT2D eigenvalue weighted by Crippen LogP contribution is -2.64. The van der Waals surface area contributed by atoms with Crippen LogP contribution in [0.2, 0.25) is 0 Å². The number of phosphoric acid groups is 1. The Hall–Kier alpha value is -2.45. The van der Waals surface area contributed by atoms with Crippen LogP contribution in [0.5, 0.6) is 0 Å². The monoisotopic (exact) mass is 899 g/mol. The average molecular weight is 899 g/mol. The molecule has 14 heteroatoms. The fourth-order valence-corrected chi connectivity index (χ4v) is 7.69. The van der Waals surface area contributed by atoms with Crippen LogP contribution in [0.25, 0.3) is 0 Å². The van der Waals surface area contributed by atoms with E-state index in [9.17, 15) is 44.6 Å². The van der Waals surface area contributed by atoms with E-state index in [1.807, 2.05) is 0 Å². The summed E-state index contributed by atoms with van der Waals surface area (Å²) in [7, 11) is -5.13. The van der Waals surface area contributed by atoms with E-state index in [1.54, 1.807) is 0 Å². The minimum Gasteiger partial charge on any atom is -0.462 e. The van der Waals surface area contributed by atoms with Crippen LogP contribution in [0.3, 0.4) is 0 Å². The van der Waals surface area contributed by atoms with Gasteiger partial charge in [-0.25, -0.2) is 4.57 Å². The van der Waals surface area contributed by atoms with E-state index in [4.69, 9.17) is 18.5 Å². The van der Waals surface area contributed by atoms with Gasteiger partial charge in [0.2, 0.25) is 0 Å². The highest BCUT2D eigenvalue weighted by molar-refractivity contribution is 7.47. The van der Waals surface area contributed by atoms with Gasteiger partial charge in [-0.3, -0.25) is 18.6 Å². The van der Waals surface area contributed by atoms with Gasteiger partial charge in [-0.1, -0.05) is 145 Å². The molecule has 6 atom stereocenters. The number of ether oxygens (including phenoxy) is 2. The van der Waals surface area contributed by atoms with Crippen LogP contribution in [0.1, 0.15) is 174 Å². The molecule has 13 nitrogen and oxygen atoms in total. The smallest absolute Gasteiger partial charge is 0.462 e. The molecule has 6 unspecified atom stereocenters. The number of hydrogen-bond acceptors (Lipinski definition) is 12. The molecule has 0 bridgehead atoms. The largest absolute Gasteiger partial charge is 0.472 e. The SMILES string of the molecule is CCCC/C=C\C/C=C\CCCCCCCC(=O)OCC(COP(=O)(O)OC1C(O)C(O)C(O)C(O)C1O)OC(=O)CCCCCCCC/C=C\C/C=C\C/C=C\CCCCC. The van der Waals surface area contributed by atoms with Crippen LogP contribution in [-0.2, 0) is 32.7 Å². The zero-order chi connectivity index (χ0) is 45.7. The molecule has 1 aliphatic rings. The number of phosphoric ester groups is 1. The summed E-state index contributed by atoms with van der Waals surface area (Å²) in [6.45, 7) is 3.20. The Balaban J connectivity index is 2.47. The van der Waals surface area contributed by atoms with Gasteiger partial charge < -0.3 is 39.9 Å². The molecular formula is C48H83O13P. The lowest BCUT2D eigenvalue weighted by Gasteiger charge is -2.41. The Bertz CT molecular complexity index is 1320. The summed E-state index contributed by atoms with van der Waals surface area (Å²) in [5, 5.41) is 50.2. The first kappa shape index (κ1) is 57.6. The van der Waals surface area contributed by atoms with E-state index in [0.29, 0.717) is 12.8 Å². The molecule has 0 heterocycles. The van der Waals surface area contributed by atoms with Gasteiger partial charge >= 0.3 is 19.8 Å². The minimum atomic E-state index is -5.13. The number of carbonyl (C=O) groups is 2. The predicted molar refractivity (Wildman–Crippen MR) is 244 cm³/mol.